The van der Waals surface area contributed by atoms with Crippen molar-refractivity contribution in [1.82, 2.24) is 4.98 Å². The van der Waals surface area contributed by atoms with Gasteiger partial charge in [-0.2, -0.15) is 0 Å². The molecule has 0 bridgehead atoms. The van der Waals surface area contributed by atoms with Crippen molar-refractivity contribution < 1.29 is 9.84 Å². The predicted molar refractivity (Wildman–Crippen MR) is 56.6 cm³/mol. The quantitative estimate of drug-likeness (QED) is 0.748. The second-order valence-corrected chi connectivity index (χ2v) is 3.77. The number of aliphatic hydroxyl groups is 1. The molecule has 0 aliphatic carbocycles. The molecule has 0 amide bonds. The summed E-state index contributed by atoms with van der Waals surface area (Å²) >= 11 is 1.45. The third kappa shape index (κ3) is 1.78. The lowest BCUT2D eigenvalue weighted by molar-refractivity contribution is 0.201. The maximum absolute atomic E-state index is 8.58. The van der Waals surface area contributed by atoms with Crippen LogP contribution in [0.15, 0.2) is 18.2 Å². The Kier molecular flexibility index (Phi) is 2.51. The van der Waals surface area contributed by atoms with Crippen molar-refractivity contribution in [2.24, 2.45) is 0 Å². The molecule has 14 heavy (non-hydrogen) atoms. The minimum Gasteiger partial charge on any atom is -0.468 e. The third-order valence-corrected chi connectivity index (χ3v) is 2.66. The highest BCUT2D eigenvalue weighted by atomic mass is 32.1. The van der Waals surface area contributed by atoms with Crippen LogP contribution in [0.5, 0.6) is 5.19 Å². The number of aliphatic hydroxyl groups excluding tert-OH is 1. The van der Waals surface area contributed by atoms with Gasteiger partial charge in [-0.3, -0.25) is 0 Å². The van der Waals surface area contributed by atoms with E-state index in [1.165, 1.54) is 11.3 Å². The van der Waals surface area contributed by atoms with Gasteiger partial charge in [0.25, 0.3) is 5.19 Å². The van der Waals surface area contributed by atoms with Crippen LogP contribution < -0.4 is 10.5 Å². The van der Waals surface area contributed by atoms with Crippen LogP contribution >= 0.6 is 11.3 Å². The van der Waals surface area contributed by atoms with E-state index in [0.29, 0.717) is 10.9 Å². The Morgan fingerprint density at radius 1 is 1.50 bits per heavy atom. The van der Waals surface area contributed by atoms with Gasteiger partial charge in [-0.1, -0.05) is 11.3 Å². The maximum atomic E-state index is 8.58. The number of rotatable bonds is 3. The molecule has 0 aliphatic rings. The zero-order valence-corrected chi connectivity index (χ0v) is 8.25. The lowest BCUT2D eigenvalue weighted by Crippen LogP contribution is -2.00. The first-order valence-electron chi connectivity index (χ1n) is 4.19. The first-order chi connectivity index (χ1) is 6.79. The average molecular weight is 210 g/mol. The summed E-state index contributed by atoms with van der Waals surface area (Å²) in [6.45, 7) is 0.271. The molecule has 1 aromatic heterocycles. The fourth-order valence-corrected chi connectivity index (χ4v) is 1.94. The largest absolute Gasteiger partial charge is 0.468 e. The molecule has 3 N–H and O–H groups in total. The average Bonchev–Trinajstić information content (AvgIpc) is 2.56. The first-order valence-corrected chi connectivity index (χ1v) is 5.01. The van der Waals surface area contributed by atoms with Crippen LogP contribution in [0.25, 0.3) is 10.2 Å². The summed E-state index contributed by atoms with van der Waals surface area (Å²) in [6.07, 6.45) is 0. The molecule has 0 atom stereocenters. The second kappa shape index (κ2) is 3.81. The van der Waals surface area contributed by atoms with Gasteiger partial charge in [0.1, 0.15) is 6.61 Å². The molecule has 4 nitrogen and oxygen atoms in total. The smallest absolute Gasteiger partial charge is 0.274 e. The molecule has 74 valence electrons. The van der Waals surface area contributed by atoms with Crippen LogP contribution in [0.3, 0.4) is 0 Å². The van der Waals surface area contributed by atoms with E-state index in [9.17, 15) is 0 Å². The van der Waals surface area contributed by atoms with E-state index >= 15 is 0 Å². The molecule has 2 aromatic rings. The molecular weight excluding hydrogens is 200 g/mol. The lowest BCUT2D eigenvalue weighted by Gasteiger charge is -1.95. The summed E-state index contributed by atoms with van der Waals surface area (Å²) in [5.74, 6) is 0. The van der Waals surface area contributed by atoms with Crippen molar-refractivity contribution in [2.75, 3.05) is 18.9 Å². The number of nitrogen functional groups attached to an aromatic ring is 1. The van der Waals surface area contributed by atoms with E-state index in [0.717, 1.165) is 10.2 Å². The Bertz CT molecular complexity index is 441. The number of fused-ring (bicyclic) bond motifs is 1. The number of nitrogens with zero attached hydrogens (tertiary/aromatic N) is 1. The SMILES string of the molecule is Nc1ccc2sc(OCCO)nc2c1. The molecule has 2 rings (SSSR count). The van der Waals surface area contributed by atoms with Gasteiger partial charge >= 0.3 is 0 Å². The van der Waals surface area contributed by atoms with Gasteiger partial charge in [0.05, 0.1) is 16.8 Å². The second-order valence-electron chi connectivity index (χ2n) is 2.78. The number of hydrogen-bond acceptors (Lipinski definition) is 5. The Morgan fingerprint density at radius 2 is 2.36 bits per heavy atom. The van der Waals surface area contributed by atoms with Gasteiger partial charge in [-0.15, -0.1) is 0 Å². The van der Waals surface area contributed by atoms with Crippen LogP contribution in [-0.2, 0) is 0 Å². The zero-order valence-electron chi connectivity index (χ0n) is 7.43. The van der Waals surface area contributed by atoms with Gasteiger partial charge in [-0.25, -0.2) is 4.98 Å². The Balaban J connectivity index is 2.32. The van der Waals surface area contributed by atoms with Crippen molar-refractivity contribution >= 4 is 27.2 Å². The zero-order chi connectivity index (χ0) is 9.97. The van der Waals surface area contributed by atoms with E-state index in [2.05, 4.69) is 4.98 Å². The molecule has 1 aromatic carbocycles. The minimum absolute atomic E-state index is 0.00192. The number of thiazole rings is 1. The van der Waals surface area contributed by atoms with Gasteiger partial charge in [0.15, 0.2) is 0 Å². The molecule has 0 fully saturated rings. The summed E-state index contributed by atoms with van der Waals surface area (Å²) in [5.41, 5.74) is 7.14. The van der Waals surface area contributed by atoms with Crippen LogP contribution in [0.1, 0.15) is 0 Å². The van der Waals surface area contributed by atoms with Gasteiger partial charge in [0, 0.05) is 5.69 Å². The van der Waals surface area contributed by atoms with E-state index < -0.39 is 0 Å². The molecule has 1 heterocycles. The standard InChI is InChI=1S/C9H10N2O2S/c10-6-1-2-8-7(5-6)11-9(14-8)13-4-3-12/h1-2,5,12H,3-4,10H2. The van der Waals surface area contributed by atoms with Crippen molar-refractivity contribution in [2.45, 2.75) is 0 Å². The molecule has 0 saturated carbocycles. The van der Waals surface area contributed by atoms with Crippen LogP contribution in [0.2, 0.25) is 0 Å². The maximum Gasteiger partial charge on any atom is 0.274 e. The van der Waals surface area contributed by atoms with Crippen LogP contribution in [-0.4, -0.2) is 23.3 Å². The molecule has 0 aliphatic heterocycles. The third-order valence-electron chi connectivity index (χ3n) is 1.71. The summed E-state index contributed by atoms with van der Waals surface area (Å²) in [7, 11) is 0. The van der Waals surface area contributed by atoms with Crippen molar-refractivity contribution in [3.63, 3.8) is 0 Å². The monoisotopic (exact) mass is 210 g/mol. The highest BCUT2D eigenvalue weighted by Crippen LogP contribution is 2.28. The minimum atomic E-state index is -0.00192. The summed E-state index contributed by atoms with van der Waals surface area (Å²) in [5, 5.41) is 9.15. The number of nitrogens with two attached hydrogens (primary N) is 1. The summed E-state index contributed by atoms with van der Waals surface area (Å²) < 4.78 is 6.23. The number of anilines is 1. The number of aromatic nitrogens is 1. The molecule has 0 unspecified atom stereocenters. The highest BCUT2D eigenvalue weighted by Gasteiger charge is 2.04. The molecule has 0 saturated heterocycles. The van der Waals surface area contributed by atoms with Gasteiger partial charge in [-0.05, 0) is 18.2 Å². The van der Waals surface area contributed by atoms with Crippen molar-refractivity contribution in [3.05, 3.63) is 18.2 Å². The Hall–Kier alpha value is -1.33. The number of benzene rings is 1. The van der Waals surface area contributed by atoms with Gasteiger partial charge in [0.2, 0.25) is 0 Å². The van der Waals surface area contributed by atoms with Gasteiger partial charge < -0.3 is 15.6 Å². The molecule has 5 heteroatoms. The lowest BCUT2D eigenvalue weighted by atomic mass is 10.3. The fourth-order valence-electron chi connectivity index (χ4n) is 1.12. The molecule has 0 radical (unpaired) electrons. The van der Waals surface area contributed by atoms with Crippen LogP contribution in [0.4, 0.5) is 5.69 Å². The van der Waals surface area contributed by atoms with Crippen LogP contribution in [0, 0.1) is 0 Å². The van der Waals surface area contributed by atoms with E-state index in [1.807, 2.05) is 12.1 Å². The summed E-state index contributed by atoms with van der Waals surface area (Å²) in [4.78, 5) is 4.22. The topological polar surface area (TPSA) is 68.4 Å². The highest BCUT2D eigenvalue weighted by molar-refractivity contribution is 7.20. The molecular formula is C9H10N2O2S. The van der Waals surface area contributed by atoms with Crippen molar-refractivity contribution in [1.29, 1.82) is 0 Å². The number of hydrogen-bond donors (Lipinski definition) is 2. The predicted octanol–water partition coefficient (Wildman–Crippen LogP) is 1.25. The van der Waals surface area contributed by atoms with E-state index in [-0.39, 0.29) is 13.2 Å². The first kappa shape index (κ1) is 9.23. The van der Waals surface area contributed by atoms with E-state index in [1.54, 1.807) is 6.07 Å². The number of ether oxygens (including phenoxy) is 1. The fraction of sp³-hybridized carbons (Fsp3) is 0.222. The van der Waals surface area contributed by atoms with Crippen molar-refractivity contribution in [3.8, 4) is 5.19 Å². The molecule has 0 spiro atoms. The summed E-state index contributed by atoms with van der Waals surface area (Å²) in [6, 6.07) is 5.54. The van der Waals surface area contributed by atoms with E-state index in [4.69, 9.17) is 15.6 Å². The Morgan fingerprint density at radius 3 is 3.14 bits per heavy atom. The normalized spacial score (nSPS) is 10.6. The Labute approximate surface area is 85.0 Å².